The maximum absolute atomic E-state index is 11.2. The summed E-state index contributed by atoms with van der Waals surface area (Å²) >= 11 is 3.51. The van der Waals surface area contributed by atoms with Crippen molar-refractivity contribution in [3.8, 4) is 0 Å². The Labute approximate surface area is 109 Å². The molecule has 5 heteroatoms. The van der Waals surface area contributed by atoms with Crippen LogP contribution in [-0.2, 0) is 4.79 Å². The number of rotatable bonds is 2. The van der Waals surface area contributed by atoms with Gasteiger partial charge in [-0.3, -0.25) is 4.79 Å². The molecule has 17 heavy (non-hydrogen) atoms. The molecule has 1 unspecified atom stereocenters. The van der Waals surface area contributed by atoms with Crippen LogP contribution in [0.15, 0.2) is 16.7 Å². The average molecular weight is 299 g/mol. The van der Waals surface area contributed by atoms with E-state index in [9.17, 15) is 9.90 Å². The zero-order valence-electron chi connectivity index (χ0n) is 9.90. The highest BCUT2D eigenvalue weighted by Gasteiger charge is 2.41. The number of aromatic nitrogens is 1. The highest BCUT2D eigenvalue weighted by Crippen LogP contribution is 2.36. The minimum Gasteiger partial charge on any atom is -0.481 e. The standard InChI is InChI=1S/C12H15BrN2O2/c1-8-3-5-14-10(9(8)13)15-6-4-12(2,7-15)11(16)17/h3,5H,4,6-7H2,1-2H3,(H,16,17). The fourth-order valence-corrected chi connectivity index (χ4v) is 2.55. The third-order valence-electron chi connectivity index (χ3n) is 3.35. The quantitative estimate of drug-likeness (QED) is 0.911. The summed E-state index contributed by atoms with van der Waals surface area (Å²) in [6, 6.07) is 1.93. The fraction of sp³-hybridized carbons (Fsp3) is 0.500. The summed E-state index contributed by atoms with van der Waals surface area (Å²) < 4.78 is 0.953. The van der Waals surface area contributed by atoms with Gasteiger partial charge in [0.15, 0.2) is 0 Å². The number of pyridine rings is 1. The number of nitrogens with zero attached hydrogens (tertiary/aromatic N) is 2. The van der Waals surface area contributed by atoms with Crippen molar-refractivity contribution >= 4 is 27.7 Å². The van der Waals surface area contributed by atoms with Crippen LogP contribution in [0.2, 0.25) is 0 Å². The number of carboxylic acid groups (broad SMARTS) is 1. The summed E-state index contributed by atoms with van der Waals surface area (Å²) in [5, 5.41) is 9.20. The topological polar surface area (TPSA) is 53.4 Å². The molecule has 1 saturated heterocycles. The Morgan fingerprint density at radius 1 is 1.65 bits per heavy atom. The van der Waals surface area contributed by atoms with Crippen molar-refractivity contribution in [1.82, 2.24) is 4.98 Å². The average Bonchev–Trinajstić information content (AvgIpc) is 2.66. The fourth-order valence-electron chi connectivity index (χ4n) is 2.06. The number of carbonyl (C=O) groups is 1. The van der Waals surface area contributed by atoms with E-state index in [2.05, 4.69) is 20.9 Å². The maximum atomic E-state index is 11.2. The second-order valence-electron chi connectivity index (χ2n) is 4.80. The molecular weight excluding hydrogens is 284 g/mol. The van der Waals surface area contributed by atoms with Crippen LogP contribution in [0.3, 0.4) is 0 Å². The maximum Gasteiger partial charge on any atom is 0.311 e. The Balaban J connectivity index is 2.27. The monoisotopic (exact) mass is 298 g/mol. The van der Waals surface area contributed by atoms with E-state index < -0.39 is 11.4 Å². The molecular formula is C12H15BrN2O2. The molecule has 1 aromatic heterocycles. The van der Waals surface area contributed by atoms with Crippen molar-refractivity contribution in [2.45, 2.75) is 20.3 Å². The van der Waals surface area contributed by atoms with E-state index in [4.69, 9.17) is 0 Å². The molecule has 0 radical (unpaired) electrons. The normalized spacial score (nSPS) is 24.1. The Hall–Kier alpha value is -1.10. The van der Waals surface area contributed by atoms with Crippen LogP contribution in [0.1, 0.15) is 18.9 Å². The predicted molar refractivity (Wildman–Crippen MR) is 69.2 cm³/mol. The molecule has 4 nitrogen and oxygen atoms in total. The molecule has 0 amide bonds. The van der Waals surface area contributed by atoms with E-state index >= 15 is 0 Å². The van der Waals surface area contributed by atoms with Crippen LogP contribution in [0, 0.1) is 12.3 Å². The molecule has 2 rings (SSSR count). The van der Waals surface area contributed by atoms with Gasteiger partial charge in [-0.1, -0.05) is 0 Å². The van der Waals surface area contributed by atoms with E-state index in [1.807, 2.05) is 17.9 Å². The minimum absolute atomic E-state index is 0.511. The van der Waals surface area contributed by atoms with Crippen LogP contribution >= 0.6 is 15.9 Å². The molecule has 1 fully saturated rings. The molecule has 1 N–H and O–H groups in total. The third kappa shape index (κ3) is 2.16. The van der Waals surface area contributed by atoms with Crippen molar-refractivity contribution in [2.24, 2.45) is 5.41 Å². The van der Waals surface area contributed by atoms with E-state index in [1.165, 1.54) is 0 Å². The molecule has 1 atom stereocenters. The highest BCUT2D eigenvalue weighted by atomic mass is 79.9. The molecule has 1 aromatic rings. The van der Waals surface area contributed by atoms with E-state index in [1.54, 1.807) is 13.1 Å². The van der Waals surface area contributed by atoms with Crippen molar-refractivity contribution in [3.05, 3.63) is 22.3 Å². The Morgan fingerprint density at radius 3 is 2.94 bits per heavy atom. The van der Waals surface area contributed by atoms with Gasteiger partial charge in [0.1, 0.15) is 5.82 Å². The lowest BCUT2D eigenvalue weighted by Gasteiger charge is -2.22. The molecule has 1 aliphatic heterocycles. The number of aryl methyl sites for hydroxylation is 1. The molecule has 0 bridgehead atoms. The van der Waals surface area contributed by atoms with E-state index in [0.29, 0.717) is 13.0 Å². The van der Waals surface area contributed by atoms with Crippen LogP contribution in [0.25, 0.3) is 0 Å². The Morgan fingerprint density at radius 2 is 2.35 bits per heavy atom. The number of hydrogen-bond acceptors (Lipinski definition) is 3. The van der Waals surface area contributed by atoms with Crippen molar-refractivity contribution in [1.29, 1.82) is 0 Å². The number of anilines is 1. The van der Waals surface area contributed by atoms with Gasteiger partial charge in [-0.2, -0.15) is 0 Å². The van der Waals surface area contributed by atoms with Gasteiger partial charge in [0, 0.05) is 19.3 Å². The third-order valence-corrected chi connectivity index (χ3v) is 4.33. The van der Waals surface area contributed by atoms with Crippen molar-refractivity contribution in [2.75, 3.05) is 18.0 Å². The molecule has 1 aliphatic rings. The van der Waals surface area contributed by atoms with Gasteiger partial charge in [0.05, 0.1) is 9.89 Å². The molecule has 0 aliphatic carbocycles. The van der Waals surface area contributed by atoms with Crippen LogP contribution in [-0.4, -0.2) is 29.1 Å². The van der Waals surface area contributed by atoms with Gasteiger partial charge in [0.25, 0.3) is 0 Å². The van der Waals surface area contributed by atoms with E-state index in [-0.39, 0.29) is 0 Å². The van der Waals surface area contributed by atoms with Crippen molar-refractivity contribution < 1.29 is 9.90 Å². The summed E-state index contributed by atoms with van der Waals surface area (Å²) in [7, 11) is 0. The van der Waals surface area contributed by atoms with E-state index in [0.717, 1.165) is 22.4 Å². The summed E-state index contributed by atoms with van der Waals surface area (Å²) in [6.45, 7) is 5.04. The van der Waals surface area contributed by atoms with Crippen LogP contribution in [0.5, 0.6) is 0 Å². The second kappa shape index (κ2) is 4.29. The molecule has 92 valence electrons. The molecule has 0 spiro atoms. The first-order chi connectivity index (χ1) is 7.94. The summed E-state index contributed by atoms with van der Waals surface area (Å²) in [5.74, 6) is 0.110. The number of hydrogen-bond donors (Lipinski definition) is 1. The van der Waals surface area contributed by atoms with Gasteiger partial charge in [-0.05, 0) is 47.8 Å². The lowest BCUT2D eigenvalue weighted by Crippen LogP contribution is -2.32. The summed E-state index contributed by atoms with van der Waals surface area (Å²) in [4.78, 5) is 17.6. The Bertz CT molecular complexity index is 464. The number of carboxylic acids is 1. The first kappa shape index (κ1) is 12.4. The summed E-state index contributed by atoms with van der Waals surface area (Å²) in [6.07, 6.45) is 2.41. The SMILES string of the molecule is Cc1ccnc(N2CCC(C)(C(=O)O)C2)c1Br. The number of aliphatic carboxylic acids is 1. The lowest BCUT2D eigenvalue weighted by molar-refractivity contribution is -0.146. The highest BCUT2D eigenvalue weighted by molar-refractivity contribution is 9.10. The zero-order chi connectivity index (χ0) is 12.6. The van der Waals surface area contributed by atoms with Gasteiger partial charge in [-0.15, -0.1) is 0 Å². The minimum atomic E-state index is -0.733. The Kier molecular flexibility index (Phi) is 3.12. The lowest BCUT2D eigenvalue weighted by atomic mass is 9.90. The largest absolute Gasteiger partial charge is 0.481 e. The first-order valence-corrected chi connectivity index (χ1v) is 6.33. The smallest absolute Gasteiger partial charge is 0.311 e. The van der Waals surface area contributed by atoms with Gasteiger partial charge >= 0.3 is 5.97 Å². The second-order valence-corrected chi connectivity index (χ2v) is 5.60. The predicted octanol–water partition coefficient (Wildman–Crippen LogP) is 2.45. The zero-order valence-corrected chi connectivity index (χ0v) is 11.5. The van der Waals surface area contributed by atoms with Crippen LogP contribution in [0.4, 0.5) is 5.82 Å². The number of halogens is 1. The van der Waals surface area contributed by atoms with Crippen LogP contribution < -0.4 is 4.90 Å². The molecule has 2 heterocycles. The van der Waals surface area contributed by atoms with Gasteiger partial charge < -0.3 is 10.0 Å². The summed E-state index contributed by atoms with van der Waals surface area (Å²) in [5.41, 5.74) is 0.448. The van der Waals surface area contributed by atoms with Gasteiger partial charge in [0.2, 0.25) is 0 Å². The molecule has 0 aromatic carbocycles. The van der Waals surface area contributed by atoms with Gasteiger partial charge in [-0.25, -0.2) is 4.98 Å². The first-order valence-electron chi connectivity index (χ1n) is 5.53. The molecule has 0 saturated carbocycles. The van der Waals surface area contributed by atoms with Crippen molar-refractivity contribution in [3.63, 3.8) is 0 Å².